The van der Waals surface area contributed by atoms with E-state index in [0.717, 1.165) is 24.0 Å². The Hall–Kier alpha value is -2.68. The van der Waals surface area contributed by atoms with E-state index in [9.17, 15) is 22.0 Å². The SMILES string of the molecule is CC1(C)CC(NC(=O)CN(c2ccc(F)cc2F)S(C)(=O)=O)c2ccccc2O1. The van der Waals surface area contributed by atoms with Crippen molar-refractivity contribution in [2.45, 2.75) is 31.9 Å². The molecule has 0 fully saturated rings. The molecule has 2 aromatic carbocycles. The van der Waals surface area contributed by atoms with Crippen LogP contribution in [0.15, 0.2) is 42.5 Å². The zero-order chi connectivity index (χ0) is 21.4. The molecular weight excluding hydrogens is 402 g/mol. The molecule has 0 bridgehead atoms. The maximum atomic E-state index is 14.1. The number of ether oxygens (including phenoxy) is 1. The summed E-state index contributed by atoms with van der Waals surface area (Å²) in [5.41, 5.74) is -0.151. The second kappa shape index (κ2) is 7.62. The molecule has 0 saturated heterocycles. The minimum atomic E-state index is -3.99. The molecule has 29 heavy (non-hydrogen) atoms. The van der Waals surface area contributed by atoms with Gasteiger partial charge in [0, 0.05) is 18.1 Å². The van der Waals surface area contributed by atoms with Crippen molar-refractivity contribution in [1.29, 1.82) is 0 Å². The van der Waals surface area contributed by atoms with Gasteiger partial charge in [0.2, 0.25) is 15.9 Å². The number of amides is 1. The van der Waals surface area contributed by atoms with E-state index in [1.807, 2.05) is 32.0 Å². The Labute approximate surface area is 168 Å². The average Bonchev–Trinajstić information content (AvgIpc) is 2.58. The lowest BCUT2D eigenvalue weighted by Gasteiger charge is -2.38. The van der Waals surface area contributed by atoms with Crippen molar-refractivity contribution in [3.63, 3.8) is 0 Å². The predicted molar refractivity (Wildman–Crippen MR) is 105 cm³/mol. The van der Waals surface area contributed by atoms with Crippen LogP contribution in [0.1, 0.15) is 31.9 Å². The minimum Gasteiger partial charge on any atom is -0.487 e. The van der Waals surface area contributed by atoms with Crippen LogP contribution >= 0.6 is 0 Å². The molecule has 0 aliphatic carbocycles. The van der Waals surface area contributed by atoms with Crippen LogP contribution in [0.3, 0.4) is 0 Å². The van der Waals surface area contributed by atoms with Gasteiger partial charge in [0.25, 0.3) is 0 Å². The van der Waals surface area contributed by atoms with Crippen molar-refractivity contribution in [1.82, 2.24) is 5.32 Å². The first kappa shape index (κ1) is 21.0. The first-order chi connectivity index (χ1) is 13.5. The van der Waals surface area contributed by atoms with Crippen molar-refractivity contribution in [3.8, 4) is 5.75 Å². The Bertz CT molecular complexity index is 1040. The normalized spacial score (nSPS) is 17.8. The van der Waals surface area contributed by atoms with Gasteiger partial charge in [0.05, 0.1) is 18.0 Å². The third-order valence-electron chi connectivity index (χ3n) is 4.58. The van der Waals surface area contributed by atoms with Gasteiger partial charge in [-0.2, -0.15) is 0 Å². The lowest BCUT2D eigenvalue weighted by atomic mass is 9.89. The molecule has 1 aliphatic rings. The summed E-state index contributed by atoms with van der Waals surface area (Å²) < 4.78 is 58.2. The minimum absolute atomic E-state index is 0.392. The summed E-state index contributed by atoms with van der Waals surface area (Å²) in [6.45, 7) is 3.14. The van der Waals surface area contributed by atoms with E-state index < -0.39 is 51.4 Å². The number of sulfonamides is 1. The van der Waals surface area contributed by atoms with Crippen molar-refractivity contribution in [2.24, 2.45) is 0 Å². The smallest absolute Gasteiger partial charge is 0.241 e. The number of halogens is 2. The van der Waals surface area contributed by atoms with Gasteiger partial charge in [0.1, 0.15) is 29.5 Å². The van der Waals surface area contributed by atoms with Crippen LogP contribution < -0.4 is 14.4 Å². The monoisotopic (exact) mass is 424 g/mol. The molecule has 3 rings (SSSR count). The summed E-state index contributed by atoms with van der Waals surface area (Å²) in [6.07, 6.45) is 1.33. The van der Waals surface area contributed by atoms with Crippen molar-refractivity contribution >= 4 is 21.6 Å². The van der Waals surface area contributed by atoms with E-state index in [1.54, 1.807) is 6.07 Å². The largest absolute Gasteiger partial charge is 0.487 e. The van der Waals surface area contributed by atoms with Crippen LogP contribution in [0.2, 0.25) is 0 Å². The molecule has 1 aliphatic heterocycles. The Morgan fingerprint density at radius 1 is 1.24 bits per heavy atom. The topological polar surface area (TPSA) is 75.7 Å². The Balaban J connectivity index is 1.84. The maximum Gasteiger partial charge on any atom is 0.241 e. The Morgan fingerprint density at radius 2 is 1.93 bits per heavy atom. The summed E-state index contributed by atoms with van der Waals surface area (Å²) in [4.78, 5) is 12.7. The highest BCUT2D eigenvalue weighted by Gasteiger charge is 2.35. The Kier molecular flexibility index (Phi) is 5.53. The summed E-state index contributed by atoms with van der Waals surface area (Å²) in [7, 11) is -3.99. The van der Waals surface area contributed by atoms with Gasteiger partial charge in [-0.25, -0.2) is 17.2 Å². The third-order valence-corrected chi connectivity index (χ3v) is 5.70. The molecular formula is C20H22F2N2O4S. The third kappa shape index (κ3) is 4.84. The van der Waals surface area contributed by atoms with E-state index >= 15 is 0 Å². The van der Waals surface area contributed by atoms with Crippen LogP contribution in [0.25, 0.3) is 0 Å². The van der Waals surface area contributed by atoms with Crippen LogP contribution in [0.5, 0.6) is 5.75 Å². The number of carbonyl (C=O) groups is 1. The number of hydrogen-bond acceptors (Lipinski definition) is 4. The van der Waals surface area contributed by atoms with Crippen molar-refractivity contribution in [3.05, 3.63) is 59.7 Å². The molecule has 2 aromatic rings. The summed E-state index contributed by atoms with van der Waals surface area (Å²) in [6, 6.07) is 9.36. The second-order valence-corrected chi connectivity index (χ2v) is 9.50. The first-order valence-electron chi connectivity index (χ1n) is 8.96. The molecule has 1 atom stereocenters. The van der Waals surface area contributed by atoms with Crippen LogP contribution in [-0.2, 0) is 14.8 Å². The highest BCUT2D eigenvalue weighted by Crippen LogP contribution is 2.39. The van der Waals surface area contributed by atoms with Gasteiger partial charge in [0.15, 0.2) is 0 Å². The van der Waals surface area contributed by atoms with E-state index in [-0.39, 0.29) is 0 Å². The number of carbonyl (C=O) groups excluding carboxylic acids is 1. The summed E-state index contributed by atoms with van der Waals surface area (Å²) >= 11 is 0. The fraction of sp³-hybridized carbons (Fsp3) is 0.350. The molecule has 1 amide bonds. The van der Waals surface area contributed by atoms with Gasteiger partial charge in [-0.15, -0.1) is 0 Å². The number of rotatable bonds is 5. The molecule has 156 valence electrons. The van der Waals surface area contributed by atoms with Crippen LogP contribution in [0, 0.1) is 11.6 Å². The summed E-state index contributed by atoms with van der Waals surface area (Å²) in [5, 5.41) is 2.81. The zero-order valence-electron chi connectivity index (χ0n) is 16.3. The second-order valence-electron chi connectivity index (χ2n) is 7.59. The number of nitrogens with one attached hydrogen (secondary N) is 1. The van der Waals surface area contributed by atoms with Crippen molar-refractivity contribution < 1.29 is 26.7 Å². The molecule has 6 nitrogen and oxygen atoms in total. The maximum absolute atomic E-state index is 14.1. The van der Waals surface area contributed by atoms with Gasteiger partial charge in [-0.1, -0.05) is 18.2 Å². The molecule has 0 saturated carbocycles. The number of benzene rings is 2. The quantitative estimate of drug-likeness (QED) is 0.800. The fourth-order valence-electron chi connectivity index (χ4n) is 3.37. The van der Waals surface area contributed by atoms with E-state index in [4.69, 9.17) is 4.74 Å². The van der Waals surface area contributed by atoms with Gasteiger partial charge in [-0.3, -0.25) is 9.10 Å². The van der Waals surface area contributed by atoms with Gasteiger partial charge >= 0.3 is 0 Å². The number of para-hydroxylation sites is 1. The lowest BCUT2D eigenvalue weighted by Crippen LogP contribution is -2.45. The van der Waals surface area contributed by atoms with Crippen molar-refractivity contribution in [2.75, 3.05) is 17.1 Å². The molecule has 1 N–H and O–H groups in total. The molecule has 0 spiro atoms. The average molecular weight is 424 g/mol. The van der Waals surface area contributed by atoms with E-state index in [1.165, 1.54) is 0 Å². The van der Waals surface area contributed by atoms with E-state index in [0.29, 0.717) is 22.5 Å². The first-order valence-corrected chi connectivity index (χ1v) is 10.8. The number of nitrogens with zero attached hydrogens (tertiary/aromatic N) is 1. The number of hydrogen-bond donors (Lipinski definition) is 1. The summed E-state index contributed by atoms with van der Waals surface area (Å²) in [5.74, 6) is -1.89. The molecule has 1 heterocycles. The lowest BCUT2D eigenvalue weighted by molar-refractivity contribution is -0.120. The zero-order valence-corrected chi connectivity index (χ0v) is 17.1. The molecule has 0 radical (unpaired) electrons. The van der Waals surface area contributed by atoms with Crippen LogP contribution in [-0.4, -0.2) is 32.7 Å². The standard InChI is InChI=1S/C20H22F2N2O4S/c1-20(2)11-16(14-6-4-5-7-18(14)28-20)23-19(25)12-24(29(3,26)27)17-9-8-13(21)10-15(17)22/h4-10,16H,11-12H2,1-3H3,(H,23,25). The molecule has 1 unspecified atom stereocenters. The van der Waals surface area contributed by atoms with Gasteiger partial charge < -0.3 is 10.1 Å². The highest BCUT2D eigenvalue weighted by atomic mass is 32.2. The molecule has 0 aromatic heterocycles. The van der Waals surface area contributed by atoms with Gasteiger partial charge in [-0.05, 0) is 32.0 Å². The Morgan fingerprint density at radius 3 is 2.59 bits per heavy atom. The highest BCUT2D eigenvalue weighted by molar-refractivity contribution is 7.92. The molecule has 9 heteroatoms. The van der Waals surface area contributed by atoms with E-state index in [2.05, 4.69) is 5.32 Å². The fourth-order valence-corrected chi connectivity index (χ4v) is 4.22. The predicted octanol–water partition coefficient (Wildman–Crippen LogP) is 3.15. The van der Waals surface area contributed by atoms with Crippen LogP contribution in [0.4, 0.5) is 14.5 Å². The number of fused-ring (bicyclic) bond motifs is 1. The number of anilines is 1.